The lowest BCUT2D eigenvalue weighted by molar-refractivity contribution is -0.279. The molecule has 0 amide bonds. The quantitative estimate of drug-likeness (QED) is 0.308. The molecular weight excluding hydrogens is 687 g/mol. The maximum Gasteiger partial charge on any atom is 0.339 e. The molecule has 5 aliphatic carbocycles. The maximum atomic E-state index is 15.6. The molecule has 2 saturated carbocycles. The van der Waals surface area contributed by atoms with Crippen molar-refractivity contribution in [3.8, 4) is 0 Å². The molecule has 3 spiro atoms. The Bertz CT molecular complexity index is 2100. The molecule has 290 valence electrons. The van der Waals surface area contributed by atoms with Gasteiger partial charge in [0.2, 0.25) is 0 Å². The minimum atomic E-state index is -1.11. The second-order valence-corrected chi connectivity index (χ2v) is 20.1. The summed E-state index contributed by atoms with van der Waals surface area (Å²) in [7, 11) is 0. The van der Waals surface area contributed by atoms with Gasteiger partial charge in [0.1, 0.15) is 11.2 Å². The summed E-state index contributed by atoms with van der Waals surface area (Å²) in [6.45, 7) is 10.8. The molecule has 0 radical (unpaired) electrons. The van der Waals surface area contributed by atoms with Gasteiger partial charge < -0.3 is 25.2 Å². The third-order valence-electron chi connectivity index (χ3n) is 17.7. The van der Waals surface area contributed by atoms with Crippen LogP contribution in [0, 0.1) is 52.3 Å². The number of benzene rings is 1. The first-order valence-electron chi connectivity index (χ1n) is 22.0. The number of nitrogens with zero attached hydrogens (tertiary/aromatic N) is 2. The smallest absolute Gasteiger partial charge is 0.339 e. The van der Waals surface area contributed by atoms with Gasteiger partial charge in [-0.2, -0.15) is 0 Å². The minimum absolute atomic E-state index is 0.0814. The van der Waals surface area contributed by atoms with Crippen LogP contribution in [0.25, 0.3) is 0 Å². The molecule has 55 heavy (non-hydrogen) atoms. The number of aliphatic hydroxyl groups is 1. The van der Waals surface area contributed by atoms with Crippen LogP contribution < -0.4 is 5.73 Å². The van der Waals surface area contributed by atoms with Crippen molar-refractivity contribution in [2.24, 2.45) is 58.0 Å². The zero-order valence-electron chi connectivity index (χ0n) is 32.9. The molecule has 3 saturated heterocycles. The molecule has 15 rings (SSSR count). The standard InChI is InChI=1S/C47H57N3O5/c1-24-9-10-29-20-33-25(2)17-30-11-12-35-31-19-27-21-49(23-31)26(3)18-36(51)42-45-14-13-32(39(33)41(30)50(35)22-27)40(29)46(45,44(53)54-42)37(16-24)47(45)34-8-4-6-28(7-5-15-48)38(34)43(52)55-47/h4,6,8,20,24-27,31,33,35,37,39,51H,5,7,9-19,21-23,48H2,1-3H3. The highest BCUT2D eigenvalue weighted by atomic mass is 16.6. The zero-order valence-corrected chi connectivity index (χ0v) is 32.9. The van der Waals surface area contributed by atoms with Gasteiger partial charge in [-0.25, -0.2) is 4.79 Å². The Morgan fingerprint density at radius 3 is 2.75 bits per heavy atom. The van der Waals surface area contributed by atoms with E-state index >= 15 is 4.79 Å². The van der Waals surface area contributed by atoms with Crippen molar-refractivity contribution in [2.45, 2.75) is 116 Å². The number of esters is 2. The summed E-state index contributed by atoms with van der Waals surface area (Å²) in [5.74, 6) is 2.50. The lowest BCUT2D eigenvalue weighted by Gasteiger charge is -2.72. The van der Waals surface area contributed by atoms with Gasteiger partial charge in [-0.3, -0.25) is 9.69 Å². The Morgan fingerprint density at radius 2 is 1.89 bits per heavy atom. The van der Waals surface area contributed by atoms with Crippen LogP contribution in [-0.4, -0.2) is 65.1 Å². The molecule has 14 aliphatic rings. The van der Waals surface area contributed by atoms with Crippen LogP contribution in [-0.2, 0) is 26.3 Å². The number of allylic oxidation sites excluding steroid dienone is 4. The molecule has 1 aromatic rings. The number of nitrogens with two attached hydrogens (primary N) is 1. The lowest BCUT2D eigenvalue weighted by atomic mass is 9.28. The molecule has 5 fully saturated rings. The highest BCUT2D eigenvalue weighted by molar-refractivity contribution is 6.00. The molecule has 1 aromatic carbocycles. The number of hydrogen-bond donors (Lipinski definition) is 2. The van der Waals surface area contributed by atoms with Crippen LogP contribution in [0.2, 0.25) is 0 Å². The molecule has 8 heteroatoms. The largest absolute Gasteiger partial charge is 0.509 e. The van der Waals surface area contributed by atoms with Gasteiger partial charge in [0.05, 0.1) is 11.0 Å². The molecule has 0 aromatic heterocycles. The predicted molar refractivity (Wildman–Crippen MR) is 207 cm³/mol. The van der Waals surface area contributed by atoms with Crippen LogP contribution in [0.15, 0.2) is 63.8 Å². The van der Waals surface area contributed by atoms with Gasteiger partial charge in [0.25, 0.3) is 0 Å². The van der Waals surface area contributed by atoms with Crippen LogP contribution in [0.4, 0.5) is 0 Å². The van der Waals surface area contributed by atoms with Crippen LogP contribution in [0.1, 0.15) is 113 Å². The van der Waals surface area contributed by atoms with E-state index in [1.54, 1.807) is 11.3 Å². The number of ether oxygens (including phenoxy) is 2. The first kappa shape index (κ1) is 33.7. The van der Waals surface area contributed by atoms with Crippen molar-refractivity contribution in [3.63, 3.8) is 0 Å². The number of carbonyl (C=O) groups is 2. The van der Waals surface area contributed by atoms with E-state index in [2.05, 4.69) is 54.8 Å². The molecule has 13 atom stereocenters. The topological polar surface area (TPSA) is 105 Å². The number of piperidine rings is 2. The molecule has 12 bridgehead atoms. The van der Waals surface area contributed by atoms with E-state index < -0.39 is 16.4 Å². The summed E-state index contributed by atoms with van der Waals surface area (Å²) < 4.78 is 13.8. The van der Waals surface area contributed by atoms with Gasteiger partial charge in [0.15, 0.2) is 11.4 Å². The first-order valence-corrected chi connectivity index (χ1v) is 22.0. The van der Waals surface area contributed by atoms with Crippen molar-refractivity contribution < 1.29 is 24.2 Å². The van der Waals surface area contributed by atoms with Gasteiger partial charge in [-0.15, -0.1) is 0 Å². The summed E-state index contributed by atoms with van der Waals surface area (Å²) in [4.78, 5) is 35.8. The van der Waals surface area contributed by atoms with E-state index in [0.717, 1.165) is 62.9 Å². The van der Waals surface area contributed by atoms with Crippen LogP contribution in [0.3, 0.4) is 0 Å². The van der Waals surface area contributed by atoms with Crippen molar-refractivity contribution in [1.29, 1.82) is 0 Å². The highest BCUT2D eigenvalue weighted by Crippen LogP contribution is 2.88. The Balaban J connectivity index is 1.17. The average molecular weight is 744 g/mol. The normalized spacial score (nSPS) is 45.6. The van der Waals surface area contributed by atoms with Crippen molar-refractivity contribution in [3.05, 3.63) is 80.5 Å². The number of aryl methyl sites for hydroxylation is 1. The maximum absolute atomic E-state index is 15.6. The summed E-state index contributed by atoms with van der Waals surface area (Å²) >= 11 is 0. The van der Waals surface area contributed by atoms with Crippen LogP contribution in [0.5, 0.6) is 0 Å². The monoisotopic (exact) mass is 743 g/mol. The zero-order chi connectivity index (χ0) is 37.3. The molecule has 8 nitrogen and oxygen atoms in total. The number of fused-ring (bicyclic) bond motifs is 3. The van der Waals surface area contributed by atoms with E-state index in [1.165, 1.54) is 42.4 Å². The summed E-state index contributed by atoms with van der Waals surface area (Å²) in [5, 5.41) is 12.7. The second kappa shape index (κ2) is 11.2. The molecule has 9 aliphatic heterocycles. The molecule has 3 N–H and O–H groups in total. The Kier molecular flexibility index (Phi) is 6.86. The van der Waals surface area contributed by atoms with E-state index in [-0.39, 0.29) is 35.6 Å². The van der Waals surface area contributed by atoms with Gasteiger partial charge in [-0.05, 0) is 130 Å². The number of hydrogen-bond acceptors (Lipinski definition) is 8. The Hall–Kier alpha value is -3.36. The third kappa shape index (κ3) is 3.80. The minimum Gasteiger partial charge on any atom is -0.509 e. The summed E-state index contributed by atoms with van der Waals surface area (Å²) in [5.41, 5.74) is 12.7. The average Bonchev–Trinajstić information content (AvgIpc) is 3.63. The summed E-state index contributed by atoms with van der Waals surface area (Å²) in [6.07, 6.45) is 13.6. The van der Waals surface area contributed by atoms with Gasteiger partial charge in [-0.1, -0.05) is 49.3 Å². The van der Waals surface area contributed by atoms with Crippen molar-refractivity contribution in [2.75, 3.05) is 26.2 Å². The fraction of sp³-hybridized carbons (Fsp3) is 0.660. The molecule has 9 heterocycles. The summed E-state index contributed by atoms with van der Waals surface area (Å²) in [6, 6.07) is 6.86. The number of aliphatic hydroxyl groups excluding tert-OH is 1. The van der Waals surface area contributed by atoms with Gasteiger partial charge >= 0.3 is 11.9 Å². The first-order chi connectivity index (χ1) is 26.6. The highest BCUT2D eigenvalue weighted by Gasteiger charge is 2.93. The Labute approximate surface area is 325 Å². The SMILES string of the molecule is CC1CCC2=CC3C(C)CC4=C5C3C3=C2C26C(=O)OC(=C(O)CC(C)N7CC8CC(C7)C(CC4)N5C8)C2(CC3)C2(OC(=O)c3c(CCCN)cccc32)C6C1. The lowest BCUT2D eigenvalue weighted by Crippen LogP contribution is -2.77. The number of carbonyl (C=O) groups excluding carboxylic acids is 2. The van der Waals surface area contributed by atoms with E-state index in [4.69, 9.17) is 15.2 Å². The van der Waals surface area contributed by atoms with Gasteiger partial charge in [0, 0.05) is 61.2 Å². The van der Waals surface area contributed by atoms with E-state index in [0.29, 0.717) is 72.8 Å². The third-order valence-corrected chi connectivity index (χ3v) is 17.7. The molecular formula is C47H57N3O5. The second-order valence-electron chi connectivity index (χ2n) is 20.1. The fourth-order valence-electron chi connectivity index (χ4n) is 15.9. The fourth-order valence-corrected chi connectivity index (χ4v) is 15.9. The van der Waals surface area contributed by atoms with Crippen LogP contribution >= 0.6 is 0 Å². The Morgan fingerprint density at radius 1 is 1.02 bits per heavy atom. The molecule has 13 unspecified atom stereocenters. The van der Waals surface area contributed by atoms with Crippen molar-refractivity contribution in [1.82, 2.24) is 9.80 Å². The van der Waals surface area contributed by atoms with Crippen molar-refractivity contribution >= 4 is 11.9 Å². The van der Waals surface area contributed by atoms with E-state index in [9.17, 15) is 9.90 Å². The number of rotatable bonds is 3. The predicted octanol–water partition coefficient (Wildman–Crippen LogP) is 7.46. The van der Waals surface area contributed by atoms with E-state index in [1.807, 2.05) is 0 Å².